The van der Waals surface area contributed by atoms with Gasteiger partial charge in [-0.15, -0.1) is 0 Å². The lowest BCUT2D eigenvalue weighted by Crippen LogP contribution is -2.41. The van der Waals surface area contributed by atoms with Crippen LogP contribution in [0.3, 0.4) is 0 Å². The fourth-order valence-electron chi connectivity index (χ4n) is 2.70. The molecule has 1 amide bonds. The lowest BCUT2D eigenvalue weighted by atomic mass is 10.2. The molecule has 0 aliphatic heterocycles. The summed E-state index contributed by atoms with van der Waals surface area (Å²) < 4.78 is 37.7. The molecule has 0 aliphatic carbocycles. The molecule has 2 rings (SSSR count). The summed E-state index contributed by atoms with van der Waals surface area (Å²) in [5.74, 6) is 0.580. The van der Waals surface area contributed by atoms with Gasteiger partial charge >= 0.3 is 0 Å². The first-order valence-corrected chi connectivity index (χ1v) is 10.2. The minimum atomic E-state index is -3.90. The highest BCUT2D eigenvalue weighted by molar-refractivity contribution is 7.89. The molecule has 8 heteroatoms. The number of hydrogen-bond acceptors (Lipinski definition) is 5. The molecule has 0 aliphatic rings. The summed E-state index contributed by atoms with van der Waals surface area (Å²) in [6.07, 6.45) is 0. The molecule has 28 heavy (non-hydrogen) atoms. The Morgan fingerprint density at radius 3 is 2.21 bits per heavy atom. The number of anilines is 1. The normalized spacial score (nSPS) is 11.4. The number of benzene rings is 2. The van der Waals surface area contributed by atoms with E-state index in [0.717, 1.165) is 9.87 Å². The van der Waals surface area contributed by atoms with E-state index in [1.807, 2.05) is 0 Å². The van der Waals surface area contributed by atoms with Crippen LogP contribution in [0.1, 0.15) is 12.5 Å². The molecule has 2 aromatic carbocycles. The average Bonchev–Trinajstić information content (AvgIpc) is 2.71. The van der Waals surface area contributed by atoms with Gasteiger partial charge in [-0.2, -0.15) is 4.31 Å². The fraction of sp³-hybridized carbons (Fsp3) is 0.350. The molecule has 0 bridgehead atoms. The van der Waals surface area contributed by atoms with Crippen molar-refractivity contribution in [2.75, 3.05) is 39.3 Å². The summed E-state index contributed by atoms with van der Waals surface area (Å²) in [7, 11) is 0.694. The third-order valence-corrected chi connectivity index (χ3v) is 6.38. The van der Waals surface area contributed by atoms with Gasteiger partial charge in [0.05, 0.1) is 20.8 Å². The predicted octanol–water partition coefficient (Wildman–Crippen LogP) is 2.69. The molecule has 0 spiro atoms. The Balaban J connectivity index is 2.26. The molecule has 0 radical (unpaired) electrons. The summed E-state index contributed by atoms with van der Waals surface area (Å²) in [6.45, 7) is 3.37. The molecule has 7 nitrogen and oxygen atoms in total. The van der Waals surface area contributed by atoms with E-state index in [1.165, 1.54) is 12.0 Å². The number of nitrogens with zero attached hydrogens (tertiary/aromatic N) is 2. The summed E-state index contributed by atoms with van der Waals surface area (Å²) in [6, 6.07) is 11.9. The number of hydrogen-bond donors (Lipinski definition) is 0. The van der Waals surface area contributed by atoms with E-state index < -0.39 is 10.0 Å². The number of carbonyl (C=O) groups is 1. The van der Waals surface area contributed by atoms with Crippen molar-refractivity contribution in [1.29, 1.82) is 0 Å². The lowest BCUT2D eigenvalue weighted by molar-refractivity contribution is -0.118. The van der Waals surface area contributed by atoms with Crippen LogP contribution in [0.5, 0.6) is 11.5 Å². The van der Waals surface area contributed by atoms with Crippen LogP contribution in [-0.4, -0.2) is 53.0 Å². The maximum absolute atomic E-state index is 13.1. The van der Waals surface area contributed by atoms with Crippen molar-refractivity contribution in [1.82, 2.24) is 4.31 Å². The molecule has 0 atom stereocenters. The zero-order valence-corrected chi connectivity index (χ0v) is 17.6. The minimum Gasteiger partial charge on any atom is -0.497 e. The first-order chi connectivity index (χ1) is 13.2. The van der Waals surface area contributed by atoms with Gasteiger partial charge in [-0.05, 0) is 48.9 Å². The largest absolute Gasteiger partial charge is 0.497 e. The first-order valence-electron chi connectivity index (χ1n) is 8.80. The van der Waals surface area contributed by atoms with E-state index >= 15 is 0 Å². The highest BCUT2D eigenvalue weighted by atomic mass is 32.2. The number of likely N-dealkylation sites (N-methyl/N-ethyl adjacent to an activating group) is 2. The highest BCUT2D eigenvalue weighted by Crippen LogP contribution is 2.28. The van der Waals surface area contributed by atoms with Crippen LogP contribution in [0, 0.1) is 6.92 Å². The average molecular weight is 407 g/mol. The summed E-state index contributed by atoms with van der Waals surface area (Å²) in [5, 5.41) is 0. The Morgan fingerprint density at radius 1 is 1.04 bits per heavy atom. The van der Waals surface area contributed by atoms with Crippen molar-refractivity contribution in [3.05, 3.63) is 48.0 Å². The van der Waals surface area contributed by atoms with Crippen LogP contribution < -0.4 is 14.4 Å². The van der Waals surface area contributed by atoms with Gasteiger partial charge in [-0.1, -0.05) is 13.0 Å². The van der Waals surface area contributed by atoms with Crippen molar-refractivity contribution in [3.8, 4) is 11.5 Å². The molecular weight excluding hydrogens is 380 g/mol. The van der Waals surface area contributed by atoms with Gasteiger partial charge in [0.1, 0.15) is 16.4 Å². The quantitative estimate of drug-likeness (QED) is 0.674. The number of ether oxygens (including phenoxy) is 2. The molecular formula is C20H26N2O5S. The number of sulfonamides is 1. The van der Waals surface area contributed by atoms with E-state index in [0.29, 0.717) is 11.4 Å². The molecule has 0 aromatic heterocycles. The maximum atomic E-state index is 13.1. The van der Waals surface area contributed by atoms with Crippen molar-refractivity contribution >= 4 is 21.6 Å². The Labute approximate surface area is 166 Å². The van der Waals surface area contributed by atoms with E-state index in [1.54, 1.807) is 70.5 Å². The standard InChI is InChI=1S/C20H26N2O5S/c1-6-22(28(24,25)19-13-15(2)7-12-18(19)27-5)14-20(23)21(3)16-8-10-17(26-4)11-9-16/h7-13H,6,14H2,1-5H3. The number of methoxy groups -OCH3 is 2. The summed E-state index contributed by atoms with van der Waals surface area (Å²) in [4.78, 5) is 14.2. The van der Waals surface area contributed by atoms with Crippen LogP contribution >= 0.6 is 0 Å². The molecule has 0 unspecified atom stereocenters. The van der Waals surface area contributed by atoms with Gasteiger partial charge in [0.15, 0.2) is 0 Å². The topological polar surface area (TPSA) is 76.2 Å². The van der Waals surface area contributed by atoms with Crippen LogP contribution in [0.4, 0.5) is 5.69 Å². The molecule has 0 saturated carbocycles. The second-order valence-corrected chi connectivity index (χ2v) is 8.14. The van der Waals surface area contributed by atoms with Crippen molar-refractivity contribution in [2.45, 2.75) is 18.7 Å². The van der Waals surface area contributed by atoms with Gasteiger partial charge in [-0.25, -0.2) is 8.42 Å². The maximum Gasteiger partial charge on any atom is 0.247 e. The Morgan fingerprint density at radius 2 is 1.68 bits per heavy atom. The van der Waals surface area contributed by atoms with E-state index in [4.69, 9.17) is 9.47 Å². The van der Waals surface area contributed by atoms with Gasteiger partial charge in [0.25, 0.3) is 0 Å². The zero-order chi connectivity index (χ0) is 20.9. The Kier molecular flexibility index (Phi) is 7.04. The van der Waals surface area contributed by atoms with Crippen LogP contribution in [0.2, 0.25) is 0 Å². The Hall–Kier alpha value is -2.58. The molecule has 152 valence electrons. The summed E-state index contributed by atoms with van der Waals surface area (Å²) >= 11 is 0. The second kappa shape index (κ2) is 9.07. The third-order valence-electron chi connectivity index (χ3n) is 4.44. The smallest absolute Gasteiger partial charge is 0.247 e. The second-order valence-electron chi connectivity index (χ2n) is 6.24. The van der Waals surface area contributed by atoms with Crippen molar-refractivity contribution < 1.29 is 22.7 Å². The van der Waals surface area contributed by atoms with Crippen molar-refractivity contribution in [3.63, 3.8) is 0 Å². The van der Waals surface area contributed by atoms with Crippen LogP contribution in [0.25, 0.3) is 0 Å². The third kappa shape index (κ3) is 4.63. The molecule has 2 aromatic rings. The predicted molar refractivity (Wildman–Crippen MR) is 109 cm³/mol. The first kappa shape index (κ1) is 21.7. The van der Waals surface area contributed by atoms with E-state index in [9.17, 15) is 13.2 Å². The molecule has 0 heterocycles. The van der Waals surface area contributed by atoms with Gasteiger partial charge in [0, 0.05) is 19.3 Å². The molecule has 0 saturated heterocycles. The zero-order valence-electron chi connectivity index (χ0n) is 16.8. The lowest BCUT2D eigenvalue weighted by Gasteiger charge is -2.24. The SMILES string of the molecule is CCN(CC(=O)N(C)c1ccc(OC)cc1)S(=O)(=O)c1cc(C)ccc1OC. The number of rotatable bonds is 8. The van der Waals surface area contributed by atoms with Crippen molar-refractivity contribution in [2.24, 2.45) is 0 Å². The number of aryl methyl sites for hydroxylation is 1. The number of amides is 1. The van der Waals surface area contributed by atoms with Gasteiger partial charge in [0.2, 0.25) is 15.9 Å². The Bertz CT molecular complexity index is 926. The van der Waals surface area contributed by atoms with Crippen LogP contribution in [-0.2, 0) is 14.8 Å². The fourth-order valence-corrected chi connectivity index (χ4v) is 4.34. The van der Waals surface area contributed by atoms with Gasteiger partial charge in [-0.3, -0.25) is 4.79 Å². The van der Waals surface area contributed by atoms with E-state index in [2.05, 4.69) is 0 Å². The minimum absolute atomic E-state index is 0.0525. The summed E-state index contributed by atoms with van der Waals surface area (Å²) in [5.41, 5.74) is 1.43. The molecule has 0 fully saturated rings. The molecule has 0 N–H and O–H groups in total. The number of carbonyl (C=O) groups excluding carboxylic acids is 1. The monoisotopic (exact) mass is 406 g/mol. The van der Waals surface area contributed by atoms with E-state index in [-0.39, 0.29) is 29.6 Å². The van der Waals surface area contributed by atoms with Gasteiger partial charge < -0.3 is 14.4 Å². The highest BCUT2D eigenvalue weighted by Gasteiger charge is 2.29. The van der Waals surface area contributed by atoms with Crippen LogP contribution in [0.15, 0.2) is 47.4 Å².